The lowest BCUT2D eigenvalue weighted by molar-refractivity contribution is 0.626. The summed E-state index contributed by atoms with van der Waals surface area (Å²) in [5, 5.41) is 2.58. The first-order valence-corrected chi connectivity index (χ1v) is 17.8. The topological polar surface area (TPSA) is 4.93 Å². The predicted octanol–water partition coefficient (Wildman–Crippen LogP) is 12.6. The summed E-state index contributed by atoms with van der Waals surface area (Å²) in [5.41, 5.74) is 15.5. The van der Waals surface area contributed by atoms with E-state index in [1.54, 1.807) is 0 Å². The second-order valence-corrected chi connectivity index (χ2v) is 15.0. The molecule has 0 fully saturated rings. The first-order chi connectivity index (χ1) is 24.3. The highest BCUT2D eigenvalue weighted by Crippen LogP contribution is 2.48. The summed E-state index contributed by atoms with van der Waals surface area (Å²) in [6.45, 7) is 9.35. The van der Waals surface area contributed by atoms with Crippen LogP contribution in [0.4, 0.5) is 0 Å². The van der Waals surface area contributed by atoms with Crippen molar-refractivity contribution in [1.82, 2.24) is 4.57 Å². The van der Waals surface area contributed by atoms with Gasteiger partial charge in [0.15, 0.2) is 0 Å². The van der Waals surface area contributed by atoms with Gasteiger partial charge in [0, 0.05) is 33.2 Å². The Balaban J connectivity index is 0.980. The number of para-hydroxylation sites is 2. The third kappa shape index (κ3) is 4.68. The van der Waals surface area contributed by atoms with Crippen molar-refractivity contribution in [1.29, 1.82) is 0 Å². The molecule has 0 spiro atoms. The molecule has 0 amide bonds. The normalized spacial score (nSPS) is 13.1. The number of rotatable bonds is 6. The van der Waals surface area contributed by atoms with E-state index < -0.39 is 0 Å². The SMILES string of the molecule is CC(C)(c1ccc(C2c3ccccc3-c3ccccc32)cc1)c1ccc(C(C)(C)c2ccc(-n3c4ccccc4c4ccccc43)cc2)cc1. The molecule has 0 N–H and O–H groups in total. The van der Waals surface area contributed by atoms with Crippen molar-refractivity contribution in [2.45, 2.75) is 44.4 Å². The molecule has 8 aromatic rings. The lowest BCUT2D eigenvalue weighted by Crippen LogP contribution is -2.21. The van der Waals surface area contributed by atoms with Crippen molar-refractivity contribution in [3.05, 3.63) is 209 Å². The Morgan fingerprint density at radius 3 is 1.20 bits per heavy atom. The fourth-order valence-electron chi connectivity index (χ4n) is 8.47. The highest BCUT2D eigenvalue weighted by molar-refractivity contribution is 6.09. The van der Waals surface area contributed by atoms with Crippen LogP contribution < -0.4 is 0 Å². The number of aromatic nitrogens is 1. The number of hydrogen-bond acceptors (Lipinski definition) is 0. The van der Waals surface area contributed by atoms with E-state index in [0.29, 0.717) is 0 Å². The van der Waals surface area contributed by atoms with Crippen molar-refractivity contribution in [2.24, 2.45) is 0 Å². The molecule has 1 heteroatoms. The van der Waals surface area contributed by atoms with Gasteiger partial charge in [-0.2, -0.15) is 0 Å². The second kappa shape index (κ2) is 11.5. The number of hydrogen-bond donors (Lipinski definition) is 0. The first kappa shape index (κ1) is 30.4. The van der Waals surface area contributed by atoms with Crippen LogP contribution in [0.15, 0.2) is 170 Å². The van der Waals surface area contributed by atoms with Gasteiger partial charge in [0.2, 0.25) is 0 Å². The lowest BCUT2D eigenvalue weighted by atomic mass is 9.74. The highest BCUT2D eigenvalue weighted by atomic mass is 15.0. The minimum Gasteiger partial charge on any atom is -0.309 e. The zero-order chi connectivity index (χ0) is 34.0. The van der Waals surface area contributed by atoms with Gasteiger partial charge in [-0.25, -0.2) is 0 Å². The molecule has 1 aliphatic carbocycles. The molecule has 0 saturated heterocycles. The van der Waals surface area contributed by atoms with E-state index in [0.717, 1.165) is 0 Å². The zero-order valence-corrected chi connectivity index (χ0v) is 29.2. The molecule has 0 bridgehead atoms. The Morgan fingerprint density at radius 2 is 0.740 bits per heavy atom. The van der Waals surface area contributed by atoms with Gasteiger partial charge in [0.25, 0.3) is 0 Å². The number of benzene rings is 7. The Morgan fingerprint density at radius 1 is 0.380 bits per heavy atom. The summed E-state index contributed by atoms with van der Waals surface area (Å²) in [6.07, 6.45) is 0. The van der Waals surface area contributed by atoms with Crippen LogP contribution in [0.2, 0.25) is 0 Å². The summed E-state index contributed by atoms with van der Waals surface area (Å²) in [7, 11) is 0. The highest BCUT2D eigenvalue weighted by Gasteiger charge is 2.31. The van der Waals surface area contributed by atoms with Crippen molar-refractivity contribution >= 4 is 21.8 Å². The molecule has 0 unspecified atom stereocenters. The Bertz CT molecular complexity index is 2410. The van der Waals surface area contributed by atoms with Crippen LogP contribution >= 0.6 is 0 Å². The first-order valence-electron chi connectivity index (χ1n) is 17.8. The summed E-state index contributed by atoms with van der Waals surface area (Å²) in [4.78, 5) is 0. The standard InChI is InChI=1S/C49H41N/c1-48(2,34-23-21-33(22-24-34)47-43-17-7-5-13-39(43)40-14-6-8-18-44(40)47)35-25-27-36(28-26-35)49(3,4)37-29-31-38(32-30-37)50-45-19-11-9-15-41(45)42-16-10-12-20-46(42)50/h5-32,47H,1-4H3. The molecule has 0 aliphatic heterocycles. The van der Waals surface area contributed by atoms with Crippen LogP contribution in [-0.4, -0.2) is 4.57 Å². The molecule has 7 aromatic carbocycles. The van der Waals surface area contributed by atoms with Gasteiger partial charge in [-0.15, -0.1) is 0 Å². The van der Waals surface area contributed by atoms with Crippen LogP contribution in [0.5, 0.6) is 0 Å². The molecular formula is C49H41N. The fraction of sp³-hybridized carbons (Fsp3) is 0.143. The Labute approximate surface area is 295 Å². The van der Waals surface area contributed by atoms with Crippen LogP contribution in [0.25, 0.3) is 38.6 Å². The van der Waals surface area contributed by atoms with E-state index in [1.165, 1.54) is 77.6 Å². The molecule has 1 aliphatic rings. The Hall–Kier alpha value is -5.66. The second-order valence-electron chi connectivity index (χ2n) is 15.0. The van der Waals surface area contributed by atoms with E-state index in [9.17, 15) is 0 Å². The zero-order valence-electron chi connectivity index (χ0n) is 29.2. The van der Waals surface area contributed by atoms with Crippen LogP contribution in [-0.2, 0) is 10.8 Å². The summed E-state index contributed by atoms with van der Waals surface area (Å²) >= 11 is 0. The smallest absolute Gasteiger partial charge is 0.0541 e. The maximum absolute atomic E-state index is 2.39. The molecule has 0 radical (unpaired) electrons. The largest absolute Gasteiger partial charge is 0.309 e. The maximum Gasteiger partial charge on any atom is 0.0541 e. The number of fused-ring (bicyclic) bond motifs is 6. The van der Waals surface area contributed by atoms with E-state index >= 15 is 0 Å². The van der Waals surface area contributed by atoms with Gasteiger partial charge in [-0.05, 0) is 74.3 Å². The van der Waals surface area contributed by atoms with Crippen molar-refractivity contribution in [2.75, 3.05) is 0 Å². The quantitative estimate of drug-likeness (QED) is 0.170. The van der Waals surface area contributed by atoms with E-state index in [4.69, 9.17) is 0 Å². The van der Waals surface area contributed by atoms with E-state index in [1.807, 2.05) is 0 Å². The van der Waals surface area contributed by atoms with Gasteiger partial charge in [-0.3, -0.25) is 0 Å². The fourth-order valence-corrected chi connectivity index (χ4v) is 8.47. The van der Waals surface area contributed by atoms with Gasteiger partial charge in [-0.1, -0.05) is 173 Å². The molecular weight excluding hydrogens is 603 g/mol. The molecule has 1 heterocycles. The van der Waals surface area contributed by atoms with Crippen molar-refractivity contribution < 1.29 is 0 Å². The minimum absolute atomic E-state index is 0.128. The van der Waals surface area contributed by atoms with Gasteiger partial charge >= 0.3 is 0 Å². The third-order valence-electron chi connectivity index (χ3n) is 11.6. The van der Waals surface area contributed by atoms with Crippen molar-refractivity contribution in [3.8, 4) is 16.8 Å². The average molecular weight is 644 g/mol. The monoisotopic (exact) mass is 643 g/mol. The van der Waals surface area contributed by atoms with Crippen LogP contribution in [0.3, 0.4) is 0 Å². The maximum atomic E-state index is 2.39. The predicted molar refractivity (Wildman–Crippen MR) is 211 cm³/mol. The Kier molecular flexibility index (Phi) is 6.97. The minimum atomic E-state index is -0.141. The number of nitrogens with zero attached hydrogens (tertiary/aromatic N) is 1. The van der Waals surface area contributed by atoms with Gasteiger partial charge < -0.3 is 4.57 Å². The van der Waals surface area contributed by atoms with Crippen LogP contribution in [0.1, 0.15) is 72.6 Å². The lowest BCUT2D eigenvalue weighted by Gasteiger charge is -2.30. The summed E-state index contributed by atoms with van der Waals surface area (Å²) in [5.74, 6) is 0.275. The molecule has 0 saturated carbocycles. The molecule has 50 heavy (non-hydrogen) atoms. The van der Waals surface area contributed by atoms with Gasteiger partial charge in [0.05, 0.1) is 11.0 Å². The average Bonchev–Trinajstić information content (AvgIpc) is 3.68. The van der Waals surface area contributed by atoms with Crippen LogP contribution in [0, 0.1) is 0 Å². The third-order valence-corrected chi connectivity index (χ3v) is 11.6. The molecule has 1 aromatic heterocycles. The van der Waals surface area contributed by atoms with E-state index in [2.05, 4.69) is 202 Å². The molecule has 242 valence electrons. The molecule has 9 rings (SSSR count). The van der Waals surface area contributed by atoms with Crippen molar-refractivity contribution in [3.63, 3.8) is 0 Å². The summed E-state index contributed by atoms with van der Waals surface area (Å²) < 4.78 is 2.39. The van der Waals surface area contributed by atoms with E-state index in [-0.39, 0.29) is 16.7 Å². The van der Waals surface area contributed by atoms with Gasteiger partial charge in [0.1, 0.15) is 0 Å². The molecule has 0 atom stereocenters. The molecule has 1 nitrogen and oxygen atoms in total. The summed E-state index contributed by atoms with van der Waals surface area (Å²) in [6, 6.07) is 63.0.